The number of rotatable bonds is 10. The van der Waals surface area contributed by atoms with Gasteiger partial charge in [0.1, 0.15) is 11.5 Å². The largest absolute Gasteiger partial charge is 0.493 e. The van der Waals surface area contributed by atoms with Crippen molar-refractivity contribution in [2.45, 2.75) is 57.0 Å². The van der Waals surface area contributed by atoms with Crippen LogP contribution in [0.15, 0.2) is 48.5 Å². The molecule has 0 unspecified atom stereocenters. The van der Waals surface area contributed by atoms with Crippen molar-refractivity contribution in [1.29, 1.82) is 0 Å². The second kappa shape index (κ2) is 7.98. The second-order valence-electron chi connectivity index (χ2n) is 9.37. The van der Waals surface area contributed by atoms with E-state index in [-0.39, 0.29) is 11.8 Å². The van der Waals surface area contributed by atoms with Gasteiger partial charge in [0.2, 0.25) is 0 Å². The first-order valence-electron chi connectivity index (χ1n) is 11.3. The first kappa shape index (κ1) is 19.5. The zero-order valence-electron chi connectivity index (χ0n) is 17.5. The fourth-order valence-corrected chi connectivity index (χ4v) is 4.63. The normalized spacial score (nSPS) is 24.7. The van der Waals surface area contributed by atoms with E-state index >= 15 is 0 Å². The van der Waals surface area contributed by atoms with Crippen LogP contribution in [0.4, 0.5) is 0 Å². The van der Waals surface area contributed by atoms with Gasteiger partial charge in [0, 0.05) is 5.92 Å². The number of hydrogen-bond donors (Lipinski definition) is 1. The fourth-order valence-electron chi connectivity index (χ4n) is 4.63. The standard InChI is InChI=1S/C26H30O4/c1-16(26(27)28)25(17-8-9-17)19-5-3-6-22(13-19)29-15-20-14-24(20)18-4-2-7-23(12-18)30-21-10-11-21/h2-7,12-13,16-17,20-21,24-25H,8-11,14-15H2,1H3,(H,27,28)/t16-,20+,24+,25-/m0/s1. The van der Waals surface area contributed by atoms with Gasteiger partial charge in [-0.2, -0.15) is 0 Å². The zero-order chi connectivity index (χ0) is 20.7. The van der Waals surface area contributed by atoms with Gasteiger partial charge in [0.15, 0.2) is 0 Å². The Kier molecular flexibility index (Phi) is 5.18. The van der Waals surface area contributed by atoms with E-state index in [1.165, 1.54) is 18.4 Å². The molecule has 0 saturated heterocycles. The summed E-state index contributed by atoms with van der Waals surface area (Å²) in [6.45, 7) is 2.53. The minimum Gasteiger partial charge on any atom is -0.493 e. The summed E-state index contributed by atoms with van der Waals surface area (Å²) in [6, 6.07) is 16.6. The third-order valence-electron chi connectivity index (χ3n) is 6.80. The SMILES string of the molecule is C[C@H](C(=O)O)[C@H](c1cccc(OC[C@H]2C[C@@H]2c2cccc(OC3CC3)c2)c1)C1CC1. The molecule has 5 rings (SSSR count). The van der Waals surface area contributed by atoms with E-state index in [0.717, 1.165) is 36.3 Å². The smallest absolute Gasteiger partial charge is 0.306 e. The molecule has 1 N–H and O–H groups in total. The summed E-state index contributed by atoms with van der Waals surface area (Å²) in [4.78, 5) is 11.6. The van der Waals surface area contributed by atoms with Gasteiger partial charge in [0.05, 0.1) is 18.6 Å². The highest BCUT2D eigenvalue weighted by Crippen LogP contribution is 2.49. The van der Waals surface area contributed by atoms with Gasteiger partial charge in [-0.25, -0.2) is 0 Å². The molecular weight excluding hydrogens is 376 g/mol. The number of hydrogen-bond acceptors (Lipinski definition) is 3. The summed E-state index contributed by atoms with van der Waals surface area (Å²) in [5.41, 5.74) is 2.45. The second-order valence-corrected chi connectivity index (χ2v) is 9.37. The molecule has 3 saturated carbocycles. The van der Waals surface area contributed by atoms with Crippen LogP contribution in [0.5, 0.6) is 11.5 Å². The Bertz CT molecular complexity index is 915. The molecule has 4 nitrogen and oxygen atoms in total. The summed E-state index contributed by atoms with van der Waals surface area (Å²) in [5, 5.41) is 9.51. The topological polar surface area (TPSA) is 55.8 Å². The van der Waals surface area contributed by atoms with Gasteiger partial charge in [-0.1, -0.05) is 31.2 Å². The lowest BCUT2D eigenvalue weighted by Crippen LogP contribution is -2.20. The number of carboxylic acid groups (broad SMARTS) is 1. The van der Waals surface area contributed by atoms with Gasteiger partial charge in [-0.05, 0) is 85.3 Å². The Morgan fingerprint density at radius 1 is 1.07 bits per heavy atom. The number of ether oxygens (including phenoxy) is 2. The quantitative estimate of drug-likeness (QED) is 0.556. The monoisotopic (exact) mass is 406 g/mol. The minimum atomic E-state index is -0.716. The first-order valence-corrected chi connectivity index (χ1v) is 11.3. The average Bonchev–Trinajstić information content (AvgIpc) is 3.59. The summed E-state index contributed by atoms with van der Waals surface area (Å²) in [6.07, 6.45) is 6.18. The van der Waals surface area contributed by atoms with E-state index in [1.54, 1.807) is 0 Å². The van der Waals surface area contributed by atoms with Gasteiger partial charge in [0.25, 0.3) is 0 Å². The van der Waals surface area contributed by atoms with Gasteiger partial charge >= 0.3 is 5.97 Å². The minimum absolute atomic E-state index is 0.0777. The highest BCUT2D eigenvalue weighted by molar-refractivity contribution is 5.71. The fraction of sp³-hybridized carbons (Fsp3) is 0.500. The molecule has 0 radical (unpaired) electrons. The molecule has 0 aromatic heterocycles. The number of carbonyl (C=O) groups is 1. The zero-order valence-corrected chi connectivity index (χ0v) is 17.5. The number of benzene rings is 2. The van der Waals surface area contributed by atoms with E-state index in [9.17, 15) is 9.90 Å². The summed E-state index contributed by atoms with van der Waals surface area (Å²) in [7, 11) is 0. The van der Waals surface area contributed by atoms with Crippen LogP contribution in [-0.4, -0.2) is 23.8 Å². The Hall–Kier alpha value is -2.49. The molecule has 0 bridgehead atoms. The summed E-state index contributed by atoms with van der Waals surface area (Å²) < 4.78 is 12.1. The third-order valence-corrected chi connectivity index (χ3v) is 6.80. The van der Waals surface area contributed by atoms with Crippen molar-refractivity contribution >= 4 is 5.97 Å². The maximum Gasteiger partial charge on any atom is 0.306 e. The van der Waals surface area contributed by atoms with Gasteiger partial charge < -0.3 is 14.6 Å². The molecule has 3 aliphatic rings. The molecule has 4 heteroatoms. The first-order chi connectivity index (χ1) is 14.6. The maximum atomic E-state index is 11.6. The molecular formula is C26H30O4. The van der Waals surface area contributed by atoms with Crippen LogP contribution in [0.2, 0.25) is 0 Å². The van der Waals surface area contributed by atoms with E-state index in [1.807, 2.05) is 19.1 Å². The Morgan fingerprint density at radius 2 is 1.83 bits per heavy atom. The van der Waals surface area contributed by atoms with Crippen molar-refractivity contribution in [3.05, 3.63) is 59.7 Å². The van der Waals surface area contributed by atoms with Crippen molar-refractivity contribution in [2.24, 2.45) is 17.8 Å². The van der Waals surface area contributed by atoms with E-state index in [0.29, 0.717) is 30.5 Å². The van der Waals surface area contributed by atoms with E-state index < -0.39 is 5.97 Å². The Balaban J connectivity index is 1.19. The Labute approximate surface area is 178 Å². The van der Waals surface area contributed by atoms with Crippen LogP contribution >= 0.6 is 0 Å². The molecule has 0 heterocycles. The highest BCUT2D eigenvalue weighted by Gasteiger charge is 2.40. The summed E-state index contributed by atoms with van der Waals surface area (Å²) in [5.74, 6) is 2.40. The lowest BCUT2D eigenvalue weighted by atomic mass is 9.83. The van der Waals surface area contributed by atoms with Crippen molar-refractivity contribution in [2.75, 3.05) is 6.61 Å². The van der Waals surface area contributed by atoms with Crippen LogP contribution in [0.1, 0.15) is 62.0 Å². The van der Waals surface area contributed by atoms with Crippen LogP contribution < -0.4 is 9.47 Å². The van der Waals surface area contributed by atoms with Crippen LogP contribution in [0, 0.1) is 17.8 Å². The predicted molar refractivity (Wildman–Crippen MR) is 115 cm³/mol. The predicted octanol–water partition coefficient (Wildman–Crippen LogP) is 5.62. The van der Waals surface area contributed by atoms with Crippen LogP contribution in [-0.2, 0) is 4.79 Å². The molecule has 0 spiro atoms. The molecule has 3 aliphatic carbocycles. The average molecular weight is 407 g/mol. The molecule has 30 heavy (non-hydrogen) atoms. The molecule has 2 aromatic carbocycles. The number of carboxylic acids is 1. The van der Waals surface area contributed by atoms with Gasteiger partial charge in [-0.3, -0.25) is 4.79 Å². The van der Waals surface area contributed by atoms with Crippen molar-refractivity contribution in [3.63, 3.8) is 0 Å². The number of aliphatic carboxylic acids is 1. The van der Waals surface area contributed by atoms with Crippen molar-refractivity contribution < 1.29 is 19.4 Å². The maximum absolute atomic E-state index is 11.6. The van der Waals surface area contributed by atoms with Gasteiger partial charge in [-0.15, -0.1) is 0 Å². The lowest BCUT2D eigenvalue weighted by molar-refractivity contribution is -0.142. The summed E-state index contributed by atoms with van der Waals surface area (Å²) >= 11 is 0. The van der Waals surface area contributed by atoms with Crippen molar-refractivity contribution in [3.8, 4) is 11.5 Å². The third kappa shape index (κ3) is 4.48. The highest BCUT2D eigenvalue weighted by atomic mass is 16.5. The molecule has 0 amide bonds. The molecule has 158 valence electrons. The molecule has 4 atom stereocenters. The van der Waals surface area contributed by atoms with E-state index in [2.05, 4.69) is 36.4 Å². The van der Waals surface area contributed by atoms with Crippen molar-refractivity contribution in [1.82, 2.24) is 0 Å². The molecule has 0 aliphatic heterocycles. The van der Waals surface area contributed by atoms with Crippen LogP contribution in [0.25, 0.3) is 0 Å². The van der Waals surface area contributed by atoms with E-state index in [4.69, 9.17) is 9.47 Å². The van der Waals surface area contributed by atoms with Crippen LogP contribution in [0.3, 0.4) is 0 Å². The molecule has 2 aromatic rings. The lowest BCUT2D eigenvalue weighted by Gasteiger charge is -2.21. The molecule has 3 fully saturated rings. The Morgan fingerprint density at radius 3 is 2.57 bits per heavy atom.